The fourth-order valence-corrected chi connectivity index (χ4v) is 3.38. The van der Waals surface area contributed by atoms with E-state index < -0.39 is 0 Å². The summed E-state index contributed by atoms with van der Waals surface area (Å²) in [6.07, 6.45) is 4.62. The Balaban J connectivity index is 1.63. The van der Waals surface area contributed by atoms with Crippen molar-refractivity contribution >= 4 is 17.2 Å². The minimum absolute atomic E-state index is 0.0691. The van der Waals surface area contributed by atoms with Gasteiger partial charge in [0.25, 0.3) is 0 Å². The number of amides is 1. The van der Waals surface area contributed by atoms with E-state index in [0.29, 0.717) is 13.0 Å². The number of nitrogens with two attached hydrogens (primary N) is 1. The highest BCUT2D eigenvalue weighted by Crippen LogP contribution is 2.29. The number of hydrogen-bond acceptors (Lipinski definition) is 5. The third kappa shape index (κ3) is 3.01. The topological polar surface area (TPSA) is 72.4 Å². The number of aromatic nitrogens is 1. The SMILES string of the molecule is CC1(CN)CCN(C(=O)Cc2csc(-c3ccoc3)n2)C1. The summed E-state index contributed by atoms with van der Waals surface area (Å²) in [6, 6.07) is 1.87. The molecule has 2 aromatic heterocycles. The van der Waals surface area contributed by atoms with Gasteiger partial charge in [-0.05, 0) is 24.4 Å². The molecule has 6 heteroatoms. The van der Waals surface area contributed by atoms with Gasteiger partial charge < -0.3 is 15.1 Å². The Morgan fingerprint density at radius 3 is 3.14 bits per heavy atom. The van der Waals surface area contributed by atoms with Crippen LogP contribution in [-0.4, -0.2) is 35.4 Å². The normalized spacial score (nSPS) is 21.9. The summed E-state index contributed by atoms with van der Waals surface area (Å²) in [5, 5.41) is 2.83. The lowest BCUT2D eigenvalue weighted by Crippen LogP contribution is -2.35. The van der Waals surface area contributed by atoms with Crippen LogP contribution in [0.15, 0.2) is 28.4 Å². The van der Waals surface area contributed by atoms with Gasteiger partial charge in [0.2, 0.25) is 5.91 Å². The van der Waals surface area contributed by atoms with Gasteiger partial charge in [-0.15, -0.1) is 11.3 Å². The van der Waals surface area contributed by atoms with E-state index in [1.807, 2.05) is 16.3 Å². The molecule has 1 unspecified atom stereocenters. The van der Waals surface area contributed by atoms with Crippen molar-refractivity contribution in [1.82, 2.24) is 9.88 Å². The van der Waals surface area contributed by atoms with E-state index in [1.54, 1.807) is 12.5 Å². The number of rotatable bonds is 4. The van der Waals surface area contributed by atoms with Crippen molar-refractivity contribution in [3.05, 3.63) is 29.7 Å². The van der Waals surface area contributed by atoms with Gasteiger partial charge in [0, 0.05) is 24.0 Å². The summed E-state index contributed by atoms with van der Waals surface area (Å²) in [6.45, 7) is 4.31. The molecule has 1 fully saturated rings. The maximum absolute atomic E-state index is 12.3. The molecule has 1 saturated heterocycles. The summed E-state index contributed by atoms with van der Waals surface area (Å²) >= 11 is 1.53. The van der Waals surface area contributed by atoms with E-state index in [2.05, 4.69) is 11.9 Å². The summed E-state index contributed by atoms with van der Waals surface area (Å²) in [5.74, 6) is 0.135. The molecule has 0 aromatic carbocycles. The molecule has 0 bridgehead atoms. The van der Waals surface area contributed by atoms with Crippen LogP contribution < -0.4 is 5.73 Å². The number of furan rings is 1. The predicted octanol–water partition coefficient (Wildman–Crippen LogP) is 2.14. The van der Waals surface area contributed by atoms with Gasteiger partial charge in [0.1, 0.15) is 11.3 Å². The molecular weight excluding hydrogens is 286 g/mol. The van der Waals surface area contributed by atoms with E-state index in [0.717, 1.165) is 35.8 Å². The van der Waals surface area contributed by atoms with Crippen LogP contribution in [0.2, 0.25) is 0 Å². The molecule has 1 atom stereocenters. The van der Waals surface area contributed by atoms with Crippen molar-refractivity contribution in [3.8, 4) is 10.6 Å². The molecule has 2 aromatic rings. The zero-order valence-corrected chi connectivity index (χ0v) is 12.9. The fraction of sp³-hybridized carbons (Fsp3) is 0.467. The maximum Gasteiger partial charge on any atom is 0.228 e. The fourth-order valence-electron chi connectivity index (χ4n) is 2.58. The first-order valence-corrected chi connectivity index (χ1v) is 7.92. The second-order valence-electron chi connectivity index (χ2n) is 5.91. The van der Waals surface area contributed by atoms with E-state index in [-0.39, 0.29) is 11.3 Å². The summed E-state index contributed by atoms with van der Waals surface area (Å²) < 4.78 is 5.06. The molecule has 1 aliphatic heterocycles. The van der Waals surface area contributed by atoms with Gasteiger partial charge in [0.05, 0.1) is 18.4 Å². The van der Waals surface area contributed by atoms with Crippen LogP contribution in [0.5, 0.6) is 0 Å². The Kier molecular flexibility index (Phi) is 3.82. The monoisotopic (exact) mass is 305 g/mol. The highest BCUT2D eigenvalue weighted by molar-refractivity contribution is 7.13. The van der Waals surface area contributed by atoms with Crippen LogP contribution in [0, 0.1) is 5.41 Å². The van der Waals surface area contributed by atoms with Crippen molar-refractivity contribution in [2.45, 2.75) is 19.8 Å². The van der Waals surface area contributed by atoms with E-state index in [1.165, 1.54) is 11.3 Å². The first-order chi connectivity index (χ1) is 10.1. The lowest BCUT2D eigenvalue weighted by molar-refractivity contribution is -0.129. The first-order valence-electron chi connectivity index (χ1n) is 7.04. The van der Waals surface area contributed by atoms with Crippen LogP contribution >= 0.6 is 11.3 Å². The molecule has 3 rings (SSSR count). The molecule has 0 spiro atoms. The lowest BCUT2D eigenvalue weighted by Gasteiger charge is -2.22. The molecule has 0 saturated carbocycles. The number of hydrogen-bond donors (Lipinski definition) is 1. The second kappa shape index (κ2) is 5.61. The number of nitrogens with zero attached hydrogens (tertiary/aromatic N) is 2. The zero-order valence-electron chi connectivity index (χ0n) is 12.0. The van der Waals surface area contributed by atoms with Crippen molar-refractivity contribution in [2.24, 2.45) is 11.1 Å². The van der Waals surface area contributed by atoms with Gasteiger partial charge >= 0.3 is 0 Å². The van der Waals surface area contributed by atoms with Crippen molar-refractivity contribution in [3.63, 3.8) is 0 Å². The van der Waals surface area contributed by atoms with Crippen LogP contribution in [0.4, 0.5) is 0 Å². The predicted molar refractivity (Wildman–Crippen MR) is 81.9 cm³/mol. The molecule has 21 heavy (non-hydrogen) atoms. The van der Waals surface area contributed by atoms with Crippen LogP contribution in [-0.2, 0) is 11.2 Å². The van der Waals surface area contributed by atoms with Gasteiger partial charge in [-0.3, -0.25) is 4.79 Å². The van der Waals surface area contributed by atoms with Gasteiger partial charge in [-0.25, -0.2) is 4.98 Å². The zero-order chi connectivity index (χ0) is 14.9. The molecule has 1 amide bonds. The van der Waals surface area contributed by atoms with E-state index in [9.17, 15) is 4.79 Å². The Labute approximate surface area is 127 Å². The van der Waals surface area contributed by atoms with Crippen molar-refractivity contribution < 1.29 is 9.21 Å². The first kappa shape index (κ1) is 14.3. The molecule has 0 aliphatic carbocycles. The lowest BCUT2D eigenvalue weighted by atomic mass is 9.90. The number of carbonyl (C=O) groups excluding carboxylic acids is 1. The van der Waals surface area contributed by atoms with Crippen molar-refractivity contribution in [2.75, 3.05) is 19.6 Å². The van der Waals surface area contributed by atoms with Crippen LogP contribution in [0.25, 0.3) is 10.6 Å². The molecule has 112 valence electrons. The number of likely N-dealkylation sites (tertiary alicyclic amines) is 1. The molecule has 3 heterocycles. The minimum atomic E-state index is 0.0691. The Morgan fingerprint density at radius 1 is 1.62 bits per heavy atom. The average molecular weight is 305 g/mol. The third-order valence-corrected chi connectivity index (χ3v) is 5.00. The van der Waals surface area contributed by atoms with Crippen molar-refractivity contribution in [1.29, 1.82) is 0 Å². The Hall–Kier alpha value is -1.66. The standard InChI is InChI=1S/C15H19N3O2S/c1-15(9-16)3-4-18(10-15)13(19)6-12-8-21-14(17-12)11-2-5-20-7-11/h2,5,7-8H,3-4,6,9-10,16H2,1H3. The Bertz CT molecular complexity index is 623. The summed E-state index contributed by atoms with van der Waals surface area (Å²) in [5.41, 5.74) is 7.63. The molecular formula is C15H19N3O2S. The molecule has 1 aliphatic rings. The second-order valence-corrected chi connectivity index (χ2v) is 6.77. The largest absolute Gasteiger partial charge is 0.472 e. The van der Waals surface area contributed by atoms with Crippen LogP contribution in [0.3, 0.4) is 0 Å². The molecule has 2 N–H and O–H groups in total. The number of thiazole rings is 1. The van der Waals surface area contributed by atoms with Crippen LogP contribution in [0.1, 0.15) is 19.0 Å². The van der Waals surface area contributed by atoms with E-state index in [4.69, 9.17) is 10.2 Å². The quantitative estimate of drug-likeness (QED) is 0.939. The third-order valence-electron chi connectivity index (χ3n) is 4.06. The molecule has 0 radical (unpaired) electrons. The summed E-state index contributed by atoms with van der Waals surface area (Å²) in [4.78, 5) is 18.8. The maximum atomic E-state index is 12.3. The summed E-state index contributed by atoms with van der Waals surface area (Å²) in [7, 11) is 0. The highest BCUT2D eigenvalue weighted by Gasteiger charge is 2.34. The van der Waals surface area contributed by atoms with Gasteiger partial charge in [0.15, 0.2) is 0 Å². The van der Waals surface area contributed by atoms with Gasteiger partial charge in [-0.1, -0.05) is 6.92 Å². The highest BCUT2D eigenvalue weighted by atomic mass is 32.1. The minimum Gasteiger partial charge on any atom is -0.472 e. The smallest absolute Gasteiger partial charge is 0.228 e. The Morgan fingerprint density at radius 2 is 2.48 bits per heavy atom. The number of carbonyl (C=O) groups is 1. The van der Waals surface area contributed by atoms with Gasteiger partial charge in [-0.2, -0.15) is 0 Å². The average Bonchev–Trinajstić information content (AvgIpc) is 3.18. The van der Waals surface area contributed by atoms with E-state index >= 15 is 0 Å². The molecule has 5 nitrogen and oxygen atoms in total.